The van der Waals surface area contributed by atoms with Crippen LogP contribution in [0.3, 0.4) is 0 Å². The van der Waals surface area contributed by atoms with Crippen molar-refractivity contribution in [3.63, 3.8) is 0 Å². The van der Waals surface area contributed by atoms with E-state index in [9.17, 15) is 18.0 Å². The summed E-state index contributed by atoms with van der Waals surface area (Å²) in [6.45, 7) is 10.6. The largest absolute Gasteiger partial charge is 0.456 e. The summed E-state index contributed by atoms with van der Waals surface area (Å²) < 4.78 is 42.3. The van der Waals surface area contributed by atoms with Crippen LogP contribution in [0.5, 0.6) is 0 Å². The smallest absolute Gasteiger partial charge is 0.407 e. The summed E-state index contributed by atoms with van der Waals surface area (Å²) in [6.07, 6.45) is 0.955. The van der Waals surface area contributed by atoms with Gasteiger partial charge in [0.1, 0.15) is 17.4 Å². The van der Waals surface area contributed by atoms with Crippen LogP contribution in [0, 0.1) is 13.8 Å². The molecule has 3 aromatic carbocycles. The summed E-state index contributed by atoms with van der Waals surface area (Å²) in [6, 6.07) is 24.9. The number of alkyl carbamates (subject to hydrolysis) is 1. The Bertz CT molecular complexity index is 2230. The van der Waals surface area contributed by atoms with Gasteiger partial charge in [0.05, 0.1) is 10.3 Å². The van der Waals surface area contributed by atoms with Crippen molar-refractivity contribution >= 4 is 44.2 Å². The van der Waals surface area contributed by atoms with Crippen LogP contribution < -0.4 is 16.0 Å². The molecule has 1 saturated heterocycles. The summed E-state index contributed by atoms with van der Waals surface area (Å²) in [5, 5.41) is 7.66. The van der Waals surface area contributed by atoms with E-state index in [4.69, 9.17) is 9.15 Å². The lowest BCUT2D eigenvalue weighted by Crippen LogP contribution is -2.42. The number of aryl methyl sites for hydroxylation is 2. The van der Waals surface area contributed by atoms with Gasteiger partial charge >= 0.3 is 6.09 Å². The van der Waals surface area contributed by atoms with E-state index in [1.165, 1.54) is 10.4 Å². The van der Waals surface area contributed by atoms with E-state index >= 15 is 0 Å². The third kappa shape index (κ3) is 7.74. The Balaban J connectivity index is 1.34. The second-order valence-electron chi connectivity index (χ2n) is 12.6. The number of allylic oxidation sites excluding steroid dienone is 1. The van der Waals surface area contributed by atoms with Gasteiger partial charge in [-0.2, -0.15) is 4.31 Å². The zero-order valence-corrected chi connectivity index (χ0v) is 29.9. The van der Waals surface area contributed by atoms with Crippen molar-refractivity contribution in [3.8, 4) is 22.5 Å². The number of rotatable bonds is 11. The molecule has 1 aliphatic carbocycles. The molecule has 0 bridgehead atoms. The predicted molar refractivity (Wildman–Crippen MR) is 200 cm³/mol. The molecule has 10 nitrogen and oxygen atoms in total. The van der Waals surface area contributed by atoms with Gasteiger partial charge < -0.3 is 19.8 Å². The van der Waals surface area contributed by atoms with Gasteiger partial charge in [-0.1, -0.05) is 43.0 Å². The van der Waals surface area contributed by atoms with Crippen LogP contribution in [0.2, 0.25) is 0 Å². The Kier molecular flexibility index (Phi) is 10.7. The molecule has 2 aliphatic heterocycles. The first-order valence-electron chi connectivity index (χ1n) is 17.1. The number of amides is 1. The van der Waals surface area contributed by atoms with Gasteiger partial charge in [-0.25, -0.2) is 13.2 Å². The standard InChI is InChI=1S/C40H42N4O6S/c1-5-30(45)18-21-42-40(46)49-31-19-22-44(23-20-31)51(47,48)37-13-8-7-12-34(37)38-32-16-14-28(41-6-2)24-35(32)50-36-25-29(15-17-33(36)38)43-39-26(3)10-9-11-27(39)4/h5,7-17,24-25,31,43H,1,6,18-23H2,2-4H3,(H,42,46)/b41-28+. The maximum absolute atomic E-state index is 14.4. The summed E-state index contributed by atoms with van der Waals surface area (Å²) in [5.74, 6) is 0.417. The van der Waals surface area contributed by atoms with E-state index in [0.717, 1.165) is 44.4 Å². The molecular formula is C40H42N4O6S. The van der Waals surface area contributed by atoms with Crippen LogP contribution in [0.1, 0.15) is 37.3 Å². The number of fused-ring (bicyclic) bond motifs is 2. The molecule has 0 saturated carbocycles. The average Bonchev–Trinajstić information content (AvgIpc) is 3.12. The van der Waals surface area contributed by atoms with Gasteiger partial charge in [0.15, 0.2) is 5.78 Å². The fraction of sp³-hybridized carbons (Fsp3) is 0.275. The van der Waals surface area contributed by atoms with Gasteiger partial charge in [0, 0.05) is 78.2 Å². The highest BCUT2D eigenvalue weighted by Gasteiger charge is 2.33. The molecule has 1 amide bonds. The molecule has 0 aromatic heterocycles. The number of carbonyl (C=O) groups excluding carboxylic acids is 2. The fourth-order valence-corrected chi connectivity index (χ4v) is 8.16. The zero-order chi connectivity index (χ0) is 36.1. The van der Waals surface area contributed by atoms with Crippen LogP contribution in [0.4, 0.5) is 16.2 Å². The van der Waals surface area contributed by atoms with Crippen molar-refractivity contribution in [2.45, 2.75) is 51.0 Å². The van der Waals surface area contributed by atoms with Crippen LogP contribution in [0.15, 0.2) is 106 Å². The summed E-state index contributed by atoms with van der Waals surface area (Å²) in [7, 11) is -3.96. The normalized spacial score (nSPS) is 14.5. The molecule has 0 spiro atoms. The number of sulfonamides is 1. The maximum atomic E-state index is 14.4. The minimum atomic E-state index is -3.96. The highest BCUT2D eigenvalue weighted by atomic mass is 32.2. The van der Waals surface area contributed by atoms with E-state index < -0.39 is 22.2 Å². The second kappa shape index (κ2) is 15.3. The van der Waals surface area contributed by atoms with Crippen LogP contribution in [0.25, 0.3) is 33.4 Å². The Labute approximate surface area is 298 Å². The molecule has 51 heavy (non-hydrogen) atoms. The quantitative estimate of drug-likeness (QED) is 0.107. The van der Waals surface area contributed by atoms with Gasteiger partial charge in [0.25, 0.3) is 0 Å². The SMILES string of the molecule is C=CC(=O)CCNC(=O)OC1CCN(S(=O)(=O)c2ccccc2-c2c3cc/c(=N\CC)cc-3oc3cc(Nc4c(C)cccc4C)ccc23)CC1. The third-order valence-electron chi connectivity index (χ3n) is 9.11. The number of ketones is 1. The number of piperidine rings is 1. The van der Waals surface area contributed by atoms with Gasteiger partial charge in [-0.05, 0) is 81.1 Å². The number of anilines is 2. The van der Waals surface area contributed by atoms with Crippen LogP contribution in [-0.4, -0.2) is 56.9 Å². The Hall–Kier alpha value is -5.26. The number of hydrogen-bond acceptors (Lipinski definition) is 8. The molecule has 2 N–H and O–H groups in total. The molecular weight excluding hydrogens is 665 g/mol. The lowest BCUT2D eigenvalue weighted by molar-refractivity contribution is -0.114. The molecule has 2 heterocycles. The molecule has 0 unspecified atom stereocenters. The molecule has 3 aromatic rings. The highest BCUT2D eigenvalue weighted by molar-refractivity contribution is 7.89. The minimum Gasteiger partial charge on any atom is -0.456 e. The van der Waals surface area contributed by atoms with Crippen molar-refractivity contribution in [2.75, 3.05) is 31.5 Å². The molecule has 11 heteroatoms. The first-order chi connectivity index (χ1) is 24.6. The monoisotopic (exact) mass is 706 g/mol. The summed E-state index contributed by atoms with van der Waals surface area (Å²) in [5.41, 5.74) is 6.77. The molecule has 1 fully saturated rings. The van der Waals surface area contributed by atoms with Gasteiger partial charge in [-0.3, -0.25) is 9.79 Å². The van der Waals surface area contributed by atoms with Crippen LogP contribution in [-0.2, 0) is 19.6 Å². The number of ether oxygens (including phenoxy) is 1. The van der Waals surface area contributed by atoms with E-state index in [2.05, 4.69) is 48.2 Å². The summed E-state index contributed by atoms with van der Waals surface area (Å²) in [4.78, 5) is 28.5. The lowest BCUT2D eigenvalue weighted by Gasteiger charge is -2.31. The first-order valence-corrected chi connectivity index (χ1v) is 18.6. The van der Waals surface area contributed by atoms with Gasteiger partial charge in [0.2, 0.25) is 10.0 Å². The maximum Gasteiger partial charge on any atom is 0.407 e. The van der Waals surface area contributed by atoms with E-state index in [1.54, 1.807) is 12.1 Å². The first kappa shape index (κ1) is 35.6. The number of hydrogen-bond donors (Lipinski definition) is 2. The number of para-hydroxylation sites is 1. The lowest BCUT2D eigenvalue weighted by atomic mass is 9.93. The minimum absolute atomic E-state index is 0.134. The zero-order valence-electron chi connectivity index (χ0n) is 29.1. The van der Waals surface area contributed by atoms with Gasteiger partial charge in [-0.15, -0.1) is 0 Å². The van der Waals surface area contributed by atoms with E-state index in [0.29, 0.717) is 36.3 Å². The van der Waals surface area contributed by atoms with E-state index in [-0.39, 0.29) is 36.7 Å². The van der Waals surface area contributed by atoms with E-state index in [1.807, 2.05) is 61.5 Å². The van der Waals surface area contributed by atoms with Crippen molar-refractivity contribution in [1.29, 1.82) is 0 Å². The molecule has 0 atom stereocenters. The molecule has 6 rings (SSSR count). The third-order valence-corrected chi connectivity index (χ3v) is 11.1. The molecule has 0 radical (unpaired) electrons. The fourth-order valence-electron chi connectivity index (χ4n) is 6.49. The van der Waals surface area contributed by atoms with Crippen molar-refractivity contribution in [3.05, 3.63) is 108 Å². The van der Waals surface area contributed by atoms with Crippen molar-refractivity contribution in [1.82, 2.24) is 9.62 Å². The number of nitrogens with one attached hydrogen (secondary N) is 2. The Morgan fingerprint density at radius 1 is 0.980 bits per heavy atom. The topological polar surface area (TPSA) is 130 Å². The summed E-state index contributed by atoms with van der Waals surface area (Å²) >= 11 is 0. The number of carbonyl (C=O) groups is 2. The molecule has 3 aliphatic rings. The predicted octanol–water partition coefficient (Wildman–Crippen LogP) is 7.51. The Morgan fingerprint density at radius 2 is 1.73 bits per heavy atom. The van der Waals surface area contributed by atoms with Crippen LogP contribution >= 0.6 is 0 Å². The number of nitrogens with zero attached hydrogens (tertiary/aromatic N) is 2. The molecule has 264 valence electrons. The number of benzene rings is 4. The Morgan fingerprint density at radius 3 is 2.45 bits per heavy atom. The van der Waals surface area contributed by atoms with Crippen molar-refractivity contribution in [2.24, 2.45) is 4.99 Å². The van der Waals surface area contributed by atoms with Crippen molar-refractivity contribution < 1.29 is 27.2 Å². The highest BCUT2D eigenvalue weighted by Crippen LogP contribution is 2.43. The second-order valence-corrected chi connectivity index (χ2v) is 14.5. The average molecular weight is 707 g/mol.